The molecule has 0 saturated heterocycles. The molecule has 2 aromatic carbocycles. The number of para-hydroxylation sites is 1. The Morgan fingerprint density at radius 2 is 1.86 bits per heavy atom. The van der Waals surface area contributed by atoms with Gasteiger partial charge >= 0.3 is 0 Å². The van der Waals surface area contributed by atoms with Crippen LogP contribution in [0, 0.1) is 6.92 Å². The molecule has 0 atom stereocenters. The standard InChI is InChI=1S/C28H25N5O3/c1-5-21(34)11-18-8-6-7-17(2)25(18)31-28-30-16-20-14-24(27-29-9-10-33(27)26(20)32-28)19-12-22(35-3)15-23(13-19)36-4/h5-10,12-16H,1,11H2,2-4H3,(H,30,31,32). The zero-order chi connectivity index (χ0) is 25.2. The number of fused-ring (bicyclic) bond motifs is 3. The van der Waals surface area contributed by atoms with Gasteiger partial charge in [-0.2, -0.15) is 4.98 Å². The number of aryl methyl sites for hydroxylation is 1. The lowest BCUT2D eigenvalue weighted by atomic mass is 10.0. The first-order chi connectivity index (χ1) is 17.5. The van der Waals surface area contributed by atoms with Crippen molar-refractivity contribution in [2.45, 2.75) is 13.3 Å². The maximum absolute atomic E-state index is 12.0. The molecule has 0 unspecified atom stereocenters. The maximum Gasteiger partial charge on any atom is 0.229 e. The largest absolute Gasteiger partial charge is 0.497 e. The predicted molar refractivity (Wildman–Crippen MR) is 140 cm³/mol. The van der Waals surface area contributed by atoms with E-state index in [0.717, 1.165) is 39.0 Å². The Labute approximate surface area is 208 Å². The molecule has 0 aliphatic rings. The summed E-state index contributed by atoms with van der Waals surface area (Å²) in [5, 5.41) is 4.16. The summed E-state index contributed by atoms with van der Waals surface area (Å²) in [6.07, 6.45) is 6.98. The van der Waals surface area contributed by atoms with Gasteiger partial charge in [-0.05, 0) is 47.9 Å². The highest BCUT2D eigenvalue weighted by Crippen LogP contribution is 2.34. The van der Waals surface area contributed by atoms with Crippen molar-refractivity contribution < 1.29 is 14.3 Å². The van der Waals surface area contributed by atoms with Gasteiger partial charge in [-0.3, -0.25) is 9.20 Å². The van der Waals surface area contributed by atoms with Gasteiger partial charge in [0.25, 0.3) is 0 Å². The van der Waals surface area contributed by atoms with E-state index in [2.05, 4.69) is 21.9 Å². The average Bonchev–Trinajstić information content (AvgIpc) is 3.40. The van der Waals surface area contributed by atoms with E-state index < -0.39 is 0 Å². The number of benzene rings is 2. The van der Waals surface area contributed by atoms with Crippen molar-refractivity contribution in [3.05, 3.63) is 84.8 Å². The van der Waals surface area contributed by atoms with Crippen LogP contribution in [0.5, 0.6) is 11.5 Å². The number of aromatic nitrogens is 4. The molecule has 0 aliphatic heterocycles. The first-order valence-electron chi connectivity index (χ1n) is 11.4. The number of carbonyl (C=O) groups is 1. The summed E-state index contributed by atoms with van der Waals surface area (Å²) >= 11 is 0. The van der Waals surface area contributed by atoms with Gasteiger partial charge in [0.15, 0.2) is 11.4 Å². The van der Waals surface area contributed by atoms with Crippen LogP contribution >= 0.6 is 0 Å². The number of anilines is 2. The van der Waals surface area contributed by atoms with Gasteiger partial charge in [0.2, 0.25) is 5.95 Å². The van der Waals surface area contributed by atoms with Crippen molar-refractivity contribution in [1.29, 1.82) is 0 Å². The van der Waals surface area contributed by atoms with Crippen molar-refractivity contribution >= 4 is 34.1 Å². The number of allylic oxidation sites excluding steroid dienone is 1. The van der Waals surface area contributed by atoms with Crippen molar-refractivity contribution in [3.8, 4) is 22.6 Å². The smallest absolute Gasteiger partial charge is 0.229 e. The van der Waals surface area contributed by atoms with Gasteiger partial charge in [-0.1, -0.05) is 24.8 Å². The molecule has 5 aromatic rings. The molecule has 1 N–H and O–H groups in total. The fourth-order valence-corrected chi connectivity index (χ4v) is 4.23. The van der Waals surface area contributed by atoms with Gasteiger partial charge in [0.1, 0.15) is 17.1 Å². The normalized spacial score (nSPS) is 11.0. The topological polar surface area (TPSA) is 90.6 Å². The SMILES string of the molecule is C=CC(=O)Cc1cccc(C)c1Nc1ncc2cc(-c3cc(OC)cc(OC)c3)c3nccn3c2n1. The van der Waals surface area contributed by atoms with E-state index in [0.29, 0.717) is 23.1 Å². The molecule has 3 heterocycles. The quantitative estimate of drug-likeness (QED) is 0.302. The molecule has 8 heteroatoms. The van der Waals surface area contributed by atoms with E-state index in [4.69, 9.17) is 14.5 Å². The van der Waals surface area contributed by atoms with E-state index in [1.165, 1.54) is 6.08 Å². The Bertz CT molecular complexity index is 1600. The monoisotopic (exact) mass is 479 g/mol. The molecule has 36 heavy (non-hydrogen) atoms. The number of ketones is 1. The molecule has 0 radical (unpaired) electrons. The summed E-state index contributed by atoms with van der Waals surface area (Å²) in [5.41, 5.74) is 5.92. The van der Waals surface area contributed by atoms with Crippen molar-refractivity contribution in [3.63, 3.8) is 0 Å². The van der Waals surface area contributed by atoms with Crippen LogP contribution in [-0.2, 0) is 11.2 Å². The van der Waals surface area contributed by atoms with E-state index >= 15 is 0 Å². The Kier molecular flexibility index (Phi) is 6.08. The fraction of sp³-hybridized carbons (Fsp3) is 0.143. The summed E-state index contributed by atoms with van der Waals surface area (Å²) in [4.78, 5) is 26.0. The number of methoxy groups -OCH3 is 2. The number of ether oxygens (including phenoxy) is 2. The molecule has 0 spiro atoms. The van der Waals surface area contributed by atoms with Crippen LogP contribution in [0.4, 0.5) is 11.6 Å². The Morgan fingerprint density at radius 1 is 1.08 bits per heavy atom. The van der Waals surface area contributed by atoms with Crippen LogP contribution in [0.1, 0.15) is 11.1 Å². The number of rotatable bonds is 8. The second-order valence-electron chi connectivity index (χ2n) is 8.33. The van der Waals surface area contributed by atoms with Gasteiger partial charge < -0.3 is 14.8 Å². The zero-order valence-electron chi connectivity index (χ0n) is 20.3. The van der Waals surface area contributed by atoms with Crippen molar-refractivity contribution in [2.75, 3.05) is 19.5 Å². The molecular weight excluding hydrogens is 454 g/mol. The summed E-state index contributed by atoms with van der Waals surface area (Å²) in [7, 11) is 3.25. The highest BCUT2D eigenvalue weighted by molar-refractivity contribution is 5.93. The maximum atomic E-state index is 12.0. The Hall–Kier alpha value is -4.72. The fourth-order valence-electron chi connectivity index (χ4n) is 4.23. The summed E-state index contributed by atoms with van der Waals surface area (Å²) < 4.78 is 12.8. The highest BCUT2D eigenvalue weighted by Gasteiger charge is 2.15. The summed E-state index contributed by atoms with van der Waals surface area (Å²) in [6, 6.07) is 13.6. The third kappa shape index (κ3) is 4.24. The number of hydrogen-bond donors (Lipinski definition) is 1. The molecule has 0 aliphatic carbocycles. The van der Waals surface area contributed by atoms with E-state index in [1.807, 2.05) is 60.0 Å². The number of nitrogens with one attached hydrogen (secondary N) is 1. The number of carbonyl (C=O) groups excluding carboxylic acids is 1. The lowest BCUT2D eigenvalue weighted by Gasteiger charge is -2.14. The molecule has 0 bridgehead atoms. The second-order valence-corrected chi connectivity index (χ2v) is 8.33. The van der Waals surface area contributed by atoms with Crippen molar-refractivity contribution in [1.82, 2.24) is 19.4 Å². The van der Waals surface area contributed by atoms with E-state index in [-0.39, 0.29) is 12.2 Å². The number of pyridine rings is 1. The Balaban J connectivity index is 1.61. The number of imidazole rings is 1. The first kappa shape index (κ1) is 23.0. The van der Waals surface area contributed by atoms with Crippen LogP contribution in [0.15, 0.2) is 73.7 Å². The lowest BCUT2D eigenvalue weighted by Crippen LogP contribution is -2.06. The molecule has 0 fully saturated rings. The van der Waals surface area contributed by atoms with Crippen molar-refractivity contribution in [2.24, 2.45) is 0 Å². The van der Waals surface area contributed by atoms with Crippen LogP contribution < -0.4 is 14.8 Å². The second kappa shape index (κ2) is 9.50. The Morgan fingerprint density at radius 3 is 2.58 bits per heavy atom. The minimum atomic E-state index is -0.0510. The molecule has 5 rings (SSSR count). The van der Waals surface area contributed by atoms with E-state index in [9.17, 15) is 4.79 Å². The molecule has 8 nitrogen and oxygen atoms in total. The summed E-state index contributed by atoms with van der Waals surface area (Å²) in [5.74, 6) is 1.75. The van der Waals surface area contributed by atoms with Gasteiger partial charge in [-0.15, -0.1) is 0 Å². The molecule has 0 amide bonds. The van der Waals surface area contributed by atoms with Gasteiger partial charge in [-0.25, -0.2) is 9.97 Å². The number of nitrogens with zero attached hydrogens (tertiary/aromatic N) is 4. The predicted octanol–water partition coefficient (Wildman–Crippen LogP) is 5.31. The number of hydrogen-bond acceptors (Lipinski definition) is 7. The minimum Gasteiger partial charge on any atom is -0.497 e. The third-order valence-electron chi connectivity index (χ3n) is 6.06. The first-order valence-corrected chi connectivity index (χ1v) is 11.4. The van der Waals surface area contributed by atoms with Crippen LogP contribution in [0.2, 0.25) is 0 Å². The lowest BCUT2D eigenvalue weighted by molar-refractivity contribution is -0.114. The molecule has 180 valence electrons. The molecule has 0 saturated carbocycles. The zero-order valence-corrected chi connectivity index (χ0v) is 20.3. The van der Waals surface area contributed by atoms with Crippen LogP contribution in [-0.4, -0.2) is 39.4 Å². The third-order valence-corrected chi connectivity index (χ3v) is 6.06. The summed E-state index contributed by atoms with van der Waals surface area (Å²) in [6.45, 7) is 5.56. The van der Waals surface area contributed by atoms with Crippen LogP contribution in [0.3, 0.4) is 0 Å². The van der Waals surface area contributed by atoms with Gasteiger partial charge in [0, 0.05) is 47.7 Å². The minimum absolute atomic E-state index is 0.0510. The average molecular weight is 480 g/mol. The highest BCUT2D eigenvalue weighted by atomic mass is 16.5. The van der Waals surface area contributed by atoms with Crippen LogP contribution in [0.25, 0.3) is 27.8 Å². The molecule has 3 aromatic heterocycles. The molecular formula is C28H25N5O3. The van der Waals surface area contributed by atoms with Gasteiger partial charge in [0.05, 0.1) is 14.2 Å². The van der Waals surface area contributed by atoms with E-state index in [1.54, 1.807) is 26.6 Å².